The number of rotatable bonds is 5. The summed E-state index contributed by atoms with van der Waals surface area (Å²) >= 11 is 6.01. The summed E-state index contributed by atoms with van der Waals surface area (Å²) in [5.41, 5.74) is 0.559. The van der Waals surface area contributed by atoms with E-state index in [4.69, 9.17) is 21.1 Å². The maximum absolute atomic E-state index is 11.2. The van der Waals surface area contributed by atoms with Gasteiger partial charge in [-0.3, -0.25) is 4.79 Å². The molecule has 0 aromatic heterocycles. The zero-order chi connectivity index (χ0) is 14.0. The van der Waals surface area contributed by atoms with E-state index in [1.54, 1.807) is 19.1 Å². The highest BCUT2D eigenvalue weighted by atomic mass is 35.5. The number of hydrogen-bond acceptors (Lipinski definition) is 3. The highest BCUT2D eigenvalue weighted by Crippen LogP contribution is 2.41. The van der Waals surface area contributed by atoms with Gasteiger partial charge in [0, 0.05) is 16.7 Å². The van der Waals surface area contributed by atoms with Crippen molar-refractivity contribution < 1.29 is 19.4 Å². The molecule has 1 aliphatic carbocycles. The minimum atomic E-state index is -0.914. The van der Waals surface area contributed by atoms with E-state index in [1.165, 1.54) is 7.11 Å². The monoisotopic (exact) mass is 284 g/mol. The van der Waals surface area contributed by atoms with Gasteiger partial charge in [-0.15, -0.1) is 0 Å². The van der Waals surface area contributed by atoms with E-state index < -0.39 is 11.9 Å². The second-order valence-corrected chi connectivity index (χ2v) is 5.19. The first-order chi connectivity index (χ1) is 9.02. The molecular formula is C14H17ClO4. The van der Waals surface area contributed by atoms with Crippen molar-refractivity contribution >= 4 is 17.6 Å². The van der Waals surface area contributed by atoms with Gasteiger partial charge in [0.15, 0.2) is 11.5 Å². The van der Waals surface area contributed by atoms with Crippen molar-refractivity contribution in [3.63, 3.8) is 0 Å². The van der Waals surface area contributed by atoms with Crippen molar-refractivity contribution in [2.24, 2.45) is 0 Å². The maximum Gasteiger partial charge on any atom is 0.310 e. The number of ether oxygens (including phenoxy) is 2. The number of carboxylic acid groups (broad SMARTS) is 1. The van der Waals surface area contributed by atoms with E-state index >= 15 is 0 Å². The van der Waals surface area contributed by atoms with Crippen molar-refractivity contribution in [3.05, 3.63) is 22.7 Å². The molecule has 1 aliphatic rings. The van der Waals surface area contributed by atoms with Crippen LogP contribution in [0.25, 0.3) is 0 Å². The second kappa shape index (κ2) is 5.70. The Morgan fingerprint density at radius 1 is 1.47 bits per heavy atom. The summed E-state index contributed by atoms with van der Waals surface area (Å²) in [7, 11) is 1.52. The Morgan fingerprint density at radius 2 is 2.16 bits per heavy atom. The van der Waals surface area contributed by atoms with E-state index in [-0.39, 0.29) is 6.10 Å². The molecule has 0 amide bonds. The fourth-order valence-corrected chi connectivity index (χ4v) is 2.19. The minimum Gasteiger partial charge on any atom is -0.493 e. The van der Waals surface area contributed by atoms with Crippen LogP contribution >= 0.6 is 11.6 Å². The van der Waals surface area contributed by atoms with Crippen LogP contribution in [0.3, 0.4) is 0 Å². The molecule has 0 saturated heterocycles. The summed E-state index contributed by atoms with van der Waals surface area (Å²) in [6.45, 7) is 1.61. The lowest BCUT2D eigenvalue weighted by atomic mass is 9.95. The van der Waals surface area contributed by atoms with Gasteiger partial charge >= 0.3 is 5.97 Å². The van der Waals surface area contributed by atoms with Gasteiger partial charge < -0.3 is 14.6 Å². The lowest BCUT2D eigenvalue weighted by Crippen LogP contribution is -2.26. The number of carboxylic acids is 1. The Bertz CT molecular complexity index is 483. The van der Waals surface area contributed by atoms with E-state index in [2.05, 4.69) is 0 Å². The molecule has 0 bridgehead atoms. The summed E-state index contributed by atoms with van der Waals surface area (Å²) in [6, 6.07) is 3.28. The van der Waals surface area contributed by atoms with Crippen LogP contribution in [0.5, 0.6) is 11.5 Å². The molecule has 5 heteroatoms. The number of aliphatic carboxylic acids is 1. The van der Waals surface area contributed by atoms with Crippen molar-refractivity contribution in [2.75, 3.05) is 7.11 Å². The molecule has 0 heterocycles. The predicted octanol–water partition coefficient (Wildman–Crippen LogP) is 3.47. The highest BCUT2D eigenvalue weighted by Gasteiger charge is 2.27. The molecule has 0 aliphatic heterocycles. The van der Waals surface area contributed by atoms with E-state index in [0.29, 0.717) is 22.1 Å². The topological polar surface area (TPSA) is 55.8 Å². The smallest absolute Gasteiger partial charge is 0.310 e. The number of halogens is 1. The summed E-state index contributed by atoms with van der Waals surface area (Å²) in [6.07, 6.45) is 3.28. The van der Waals surface area contributed by atoms with Crippen molar-refractivity contribution in [1.82, 2.24) is 0 Å². The van der Waals surface area contributed by atoms with Gasteiger partial charge in [-0.1, -0.05) is 11.6 Å². The van der Waals surface area contributed by atoms with Crippen molar-refractivity contribution in [1.29, 1.82) is 0 Å². The molecule has 1 atom stereocenters. The van der Waals surface area contributed by atoms with Gasteiger partial charge in [-0.05, 0) is 32.3 Å². The number of hydrogen-bond donors (Lipinski definition) is 1. The first kappa shape index (κ1) is 14.0. The van der Waals surface area contributed by atoms with Gasteiger partial charge in [-0.25, -0.2) is 0 Å². The Balaban J connectivity index is 2.41. The molecule has 1 fully saturated rings. The van der Waals surface area contributed by atoms with Gasteiger partial charge in [0.2, 0.25) is 0 Å². The van der Waals surface area contributed by atoms with Gasteiger partial charge in [0.1, 0.15) is 0 Å². The van der Waals surface area contributed by atoms with Crippen LogP contribution < -0.4 is 9.47 Å². The number of benzene rings is 1. The molecule has 1 unspecified atom stereocenters. The zero-order valence-electron chi connectivity index (χ0n) is 11.0. The van der Waals surface area contributed by atoms with E-state index in [0.717, 1.165) is 19.3 Å². The van der Waals surface area contributed by atoms with Gasteiger partial charge in [0.05, 0.1) is 19.1 Å². The molecule has 1 aromatic rings. The summed E-state index contributed by atoms with van der Waals surface area (Å²) < 4.78 is 11.1. The fraction of sp³-hybridized carbons (Fsp3) is 0.500. The lowest BCUT2D eigenvalue weighted by Gasteiger charge is -2.29. The molecule has 19 heavy (non-hydrogen) atoms. The Morgan fingerprint density at radius 3 is 2.63 bits per heavy atom. The average molecular weight is 285 g/mol. The van der Waals surface area contributed by atoms with Crippen LogP contribution in [0.15, 0.2) is 12.1 Å². The number of methoxy groups -OCH3 is 1. The first-order valence-electron chi connectivity index (χ1n) is 6.29. The van der Waals surface area contributed by atoms with Crippen LogP contribution in [-0.2, 0) is 4.79 Å². The third-order valence-electron chi connectivity index (χ3n) is 3.44. The largest absolute Gasteiger partial charge is 0.493 e. The Labute approximate surface area is 117 Å². The molecule has 4 nitrogen and oxygen atoms in total. The molecule has 1 saturated carbocycles. The molecule has 0 radical (unpaired) electrons. The highest BCUT2D eigenvalue weighted by molar-refractivity contribution is 6.30. The maximum atomic E-state index is 11.2. The first-order valence-corrected chi connectivity index (χ1v) is 6.67. The zero-order valence-corrected chi connectivity index (χ0v) is 11.7. The van der Waals surface area contributed by atoms with Gasteiger partial charge in [0.25, 0.3) is 0 Å². The SMILES string of the molecule is COc1cc(Cl)cc(C(C)C(=O)O)c1OC1CCC1. The molecule has 1 aromatic carbocycles. The molecular weight excluding hydrogens is 268 g/mol. The molecule has 0 spiro atoms. The van der Waals surface area contributed by atoms with Crippen LogP contribution in [0.1, 0.15) is 37.7 Å². The molecule has 2 rings (SSSR count). The summed E-state index contributed by atoms with van der Waals surface area (Å²) in [5.74, 6) is -0.612. The second-order valence-electron chi connectivity index (χ2n) is 4.76. The van der Waals surface area contributed by atoms with Crippen molar-refractivity contribution in [3.8, 4) is 11.5 Å². The fourth-order valence-electron chi connectivity index (χ4n) is 1.98. The van der Waals surface area contributed by atoms with Crippen LogP contribution in [0, 0.1) is 0 Å². The normalized spacial score (nSPS) is 16.6. The summed E-state index contributed by atoms with van der Waals surface area (Å²) in [4.78, 5) is 11.2. The summed E-state index contributed by atoms with van der Waals surface area (Å²) in [5, 5.41) is 9.63. The average Bonchev–Trinajstić information content (AvgIpc) is 2.32. The molecule has 1 N–H and O–H groups in total. The van der Waals surface area contributed by atoms with Crippen LogP contribution in [0.2, 0.25) is 5.02 Å². The van der Waals surface area contributed by atoms with Crippen LogP contribution in [0.4, 0.5) is 0 Å². The standard InChI is InChI=1S/C14H17ClO4/c1-8(14(16)17)11-6-9(15)7-12(18-2)13(11)19-10-4-3-5-10/h6-8,10H,3-5H2,1-2H3,(H,16,17). The van der Waals surface area contributed by atoms with E-state index in [1.807, 2.05) is 0 Å². The van der Waals surface area contributed by atoms with Gasteiger partial charge in [-0.2, -0.15) is 0 Å². The van der Waals surface area contributed by atoms with Crippen LogP contribution in [-0.4, -0.2) is 24.3 Å². The number of carbonyl (C=O) groups is 1. The van der Waals surface area contributed by atoms with Crippen molar-refractivity contribution in [2.45, 2.75) is 38.2 Å². The third-order valence-corrected chi connectivity index (χ3v) is 3.66. The van der Waals surface area contributed by atoms with E-state index in [9.17, 15) is 9.90 Å². The molecule has 104 valence electrons. The third kappa shape index (κ3) is 2.95. The Kier molecular flexibility index (Phi) is 4.20. The predicted molar refractivity (Wildman–Crippen MR) is 72.3 cm³/mol. The quantitative estimate of drug-likeness (QED) is 0.899. The Hall–Kier alpha value is -1.42. The minimum absolute atomic E-state index is 0.148. The lowest BCUT2D eigenvalue weighted by molar-refractivity contribution is -0.138.